The number of carbonyl (C=O) groups is 1. The van der Waals surface area contributed by atoms with E-state index in [1.54, 1.807) is 12.1 Å². The highest BCUT2D eigenvalue weighted by Crippen LogP contribution is 2.37. The normalized spacial score (nSPS) is 22.8. The summed E-state index contributed by atoms with van der Waals surface area (Å²) >= 11 is 0. The summed E-state index contributed by atoms with van der Waals surface area (Å²) < 4.78 is 11.9. The van der Waals surface area contributed by atoms with Crippen LogP contribution in [0.4, 0.5) is 5.69 Å². The van der Waals surface area contributed by atoms with Gasteiger partial charge >= 0.3 is 5.97 Å². The molecule has 7 heteroatoms. The van der Waals surface area contributed by atoms with E-state index < -0.39 is 26.4 Å². The van der Waals surface area contributed by atoms with Crippen LogP contribution in [0, 0.1) is 5.92 Å². The molecule has 0 amide bonds. The smallest absolute Gasteiger partial charge is 0.324 e. The first-order chi connectivity index (χ1) is 12.7. The number of benzene rings is 1. The molecule has 1 aliphatic rings. The molecule has 0 radical (unpaired) electrons. The zero-order chi connectivity index (χ0) is 21.3. The van der Waals surface area contributed by atoms with E-state index in [-0.39, 0.29) is 16.9 Å². The van der Waals surface area contributed by atoms with Gasteiger partial charge in [-0.1, -0.05) is 34.6 Å². The summed E-state index contributed by atoms with van der Waals surface area (Å²) in [7, 11) is -2.15. The van der Waals surface area contributed by atoms with Crippen LogP contribution in [-0.4, -0.2) is 32.4 Å². The summed E-state index contributed by atoms with van der Waals surface area (Å²) in [5.41, 5.74) is 0.708. The van der Waals surface area contributed by atoms with E-state index in [0.29, 0.717) is 5.56 Å². The van der Waals surface area contributed by atoms with E-state index in [1.165, 1.54) is 0 Å². The summed E-state index contributed by atoms with van der Waals surface area (Å²) in [6.45, 7) is 18.3. The summed E-state index contributed by atoms with van der Waals surface area (Å²) in [6, 6.07) is 7.24. The molecule has 2 atom stereocenters. The van der Waals surface area contributed by atoms with Crippen molar-refractivity contribution in [3.63, 3.8) is 0 Å². The maximum absolute atomic E-state index is 12.6. The number of ether oxygens (including phenoxy) is 1. The molecule has 1 fully saturated rings. The van der Waals surface area contributed by atoms with Gasteiger partial charge in [-0.3, -0.25) is 0 Å². The molecule has 2 unspecified atom stereocenters. The van der Waals surface area contributed by atoms with Crippen LogP contribution in [0.2, 0.25) is 18.1 Å². The first-order valence-electron chi connectivity index (χ1n) is 9.83. The Morgan fingerprint density at radius 2 is 1.75 bits per heavy atom. The molecule has 1 saturated heterocycles. The zero-order valence-corrected chi connectivity index (χ0v) is 19.6. The minimum atomic E-state index is -2.15. The summed E-state index contributed by atoms with van der Waals surface area (Å²) in [5.74, 6) is -0.114. The van der Waals surface area contributed by atoms with Gasteiger partial charge in [0, 0.05) is 11.6 Å². The fraction of sp³-hybridized carbons (Fsp3) is 0.667. The van der Waals surface area contributed by atoms with Crippen molar-refractivity contribution in [2.45, 2.75) is 84.7 Å². The van der Waals surface area contributed by atoms with Crippen LogP contribution < -0.4 is 5.32 Å². The van der Waals surface area contributed by atoms with E-state index in [9.17, 15) is 4.79 Å². The third-order valence-corrected chi connectivity index (χ3v) is 9.68. The predicted octanol–water partition coefficient (Wildman–Crippen LogP) is 5.33. The fourth-order valence-corrected chi connectivity index (χ4v) is 3.20. The molecular weight excluding hydrogens is 374 g/mol. The third kappa shape index (κ3) is 5.35. The Labute approximate surface area is 169 Å². The predicted molar refractivity (Wildman–Crippen MR) is 112 cm³/mol. The van der Waals surface area contributed by atoms with E-state index in [2.05, 4.69) is 39.2 Å². The maximum atomic E-state index is 12.6. The minimum Gasteiger partial charge on any atom is -0.516 e. The topological polar surface area (TPSA) is 66.0 Å². The van der Waals surface area contributed by atoms with Crippen LogP contribution >= 0.6 is 0 Å². The Morgan fingerprint density at radius 3 is 2.25 bits per heavy atom. The van der Waals surface area contributed by atoms with Gasteiger partial charge in [-0.25, -0.2) is 14.6 Å². The zero-order valence-electron chi connectivity index (χ0n) is 18.6. The molecule has 0 saturated carbocycles. The molecule has 1 aromatic rings. The van der Waals surface area contributed by atoms with Crippen LogP contribution in [0.3, 0.4) is 0 Å². The van der Waals surface area contributed by atoms with Gasteiger partial charge in [0.15, 0.2) is 12.5 Å². The SMILES string of the molecule is CC(C)C1OOC(C)(C)C(Nc2ccc(C(=O)O[Si](C)(C)C(C)(C)C)cc2)O1. The monoisotopic (exact) mass is 409 g/mol. The Balaban J connectivity index is 2.07. The van der Waals surface area contributed by atoms with Crippen LogP contribution in [0.15, 0.2) is 24.3 Å². The Hall–Kier alpha value is -1.41. The Morgan fingerprint density at radius 1 is 1.18 bits per heavy atom. The molecule has 1 aromatic carbocycles. The average Bonchev–Trinajstić information content (AvgIpc) is 2.55. The molecular formula is C21H35NO5Si. The number of hydrogen-bond acceptors (Lipinski definition) is 6. The van der Waals surface area contributed by atoms with Crippen LogP contribution in [0.5, 0.6) is 0 Å². The number of nitrogens with one attached hydrogen (secondary N) is 1. The summed E-state index contributed by atoms with van der Waals surface area (Å²) in [4.78, 5) is 23.4. The quantitative estimate of drug-likeness (QED) is 0.524. The highest BCUT2D eigenvalue weighted by atomic mass is 28.4. The van der Waals surface area contributed by atoms with Crippen LogP contribution in [-0.2, 0) is 18.9 Å². The van der Waals surface area contributed by atoms with Gasteiger partial charge in [0.2, 0.25) is 0 Å². The van der Waals surface area contributed by atoms with E-state index in [1.807, 2.05) is 39.8 Å². The highest BCUT2D eigenvalue weighted by molar-refractivity contribution is 6.75. The van der Waals surface area contributed by atoms with Gasteiger partial charge in [-0.05, 0) is 56.2 Å². The van der Waals surface area contributed by atoms with Crippen LogP contribution in [0.1, 0.15) is 58.8 Å². The highest BCUT2D eigenvalue weighted by Gasteiger charge is 2.42. The van der Waals surface area contributed by atoms with Gasteiger partial charge in [-0.15, -0.1) is 0 Å². The van der Waals surface area contributed by atoms with Crippen molar-refractivity contribution in [3.8, 4) is 0 Å². The molecule has 0 aromatic heterocycles. The molecule has 1 heterocycles. The summed E-state index contributed by atoms with van der Waals surface area (Å²) in [6.07, 6.45) is -0.831. The molecule has 158 valence electrons. The standard InChI is InChI=1S/C21H35NO5Si/c1-14(2)18-24-19(21(6,7)27-25-18)22-16-12-10-15(11-13-16)17(23)26-28(8,9)20(3,4)5/h10-14,18-19,22H,1-9H3. The number of rotatable bonds is 5. The van der Waals surface area contributed by atoms with Crippen molar-refractivity contribution in [2.24, 2.45) is 5.92 Å². The Bertz CT molecular complexity index is 679. The van der Waals surface area contributed by atoms with E-state index >= 15 is 0 Å². The second kappa shape index (κ2) is 8.14. The van der Waals surface area contributed by atoms with Gasteiger partial charge in [-0.2, -0.15) is 0 Å². The number of hydrogen-bond donors (Lipinski definition) is 1. The molecule has 1 aliphatic heterocycles. The minimum absolute atomic E-state index is 0.0247. The first kappa shape index (κ1) is 22.9. The van der Waals surface area contributed by atoms with Crippen LogP contribution in [0.25, 0.3) is 0 Å². The van der Waals surface area contributed by atoms with Gasteiger partial charge < -0.3 is 14.5 Å². The fourth-order valence-electron chi connectivity index (χ4n) is 2.31. The Kier molecular flexibility index (Phi) is 6.65. The first-order valence-corrected chi connectivity index (χ1v) is 12.7. The largest absolute Gasteiger partial charge is 0.516 e. The molecule has 6 nitrogen and oxygen atoms in total. The van der Waals surface area contributed by atoms with Crippen molar-refractivity contribution in [1.29, 1.82) is 0 Å². The summed E-state index contributed by atoms with van der Waals surface area (Å²) in [5, 5.41) is 3.30. The lowest BCUT2D eigenvalue weighted by atomic mass is 10.1. The number of anilines is 1. The van der Waals surface area contributed by atoms with Crippen molar-refractivity contribution in [1.82, 2.24) is 0 Å². The van der Waals surface area contributed by atoms with Crippen molar-refractivity contribution >= 4 is 20.0 Å². The van der Waals surface area contributed by atoms with Crippen molar-refractivity contribution in [3.05, 3.63) is 29.8 Å². The lowest BCUT2D eigenvalue weighted by Gasteiger charge is -2.42. The van der Waals surface area contributed by atoms with Gasteiger partial charge in [0.05, 0.1) is 5.56 Å². The number of carbonyl (C=O) groups excluding carboxylic acids is 1. The van der Waals surface area contributed by atoms with E-state index in [4.69, 9.17) is 18.9 Å². The maximum Gasteiger partial charge on any atom is 0.324 e. The van der Waals surface area contributed by atoms with Gasteiger partial charge in [0.1, 0.15) is 5.60 Å². The average molecular weight is 410 g/mol. The molecule has 0 bridgehead atoms. The lowest BCUT2D eigenvalue weighted by Crippen LogP contribution is -2.54. The molecule has 2 rings (SSSR count). The van der Waals surface area contributed by atoms with E-state index in [0.717, 1.165) is 5.69 Å². The molecule has 1 N–H and O–H groups in total. The lowest BCUT2D eigenvalue weighted by molar-refractivity contribution is -0.485. The second-order valence-electron chi connectivity index (χ2n) is 9.78. The van der Waals surface area contributed by atoms with Crippen molar-refractivity contribution < 1.29 is 23.7 Å². The molecule has 0 spiro atoms. The van der Waals surface area contributed by atoms with Crippen molar-refractivity contribution in [2.75, 3.05) is 5.32 Å². The third-order valence-electron chi connectivity index (χ3n) is 5.38. The van der Waals surface area contributed by atoms with Gasteiger partial charge in [0.25, 0.3) is 8.32 Å². The second-order valence-corrected chi connectivity index (χ2v) is 14.5. The molecule has 28 heavy (non-hydrogen) atoms. The molecule has 0 aliphatic carbocycles.